The summed E-state index contributed by atoms with van der Waals surface area (Å²) >= 11 is 3.13. The van der Waals surface area contributed by atoms with Crippen molar-refractivity contribution >= 4 is 27.5 Å². The molecule has 4 heteroatoms. The fraction of sp³-hybridized carbons (Fsp3) is 0.300. The molecule has 1 amide bonds. The molecule has 14 heavy (non-hydrogen) atoms. The number of fused-ring (bicyclic) bond motifs is 1. The van der Waals surface area contributed by atoms with Gasteiger partial charge < -0.3 is 4.90 Å². The van der Waals surface area contributed by atoms with Crippen LogP contribution in [0.4, 0.5) is 10.1 Å². The number of anilines is 1. The Hall–Kier alpha value is -0.900. The van der Waals surface area contributed by atoms with Crippen LogP contribution in [0.5, 0.6) is 0 Å². The summed E-state index contributed by atoms with van der Waals surface area (Å²) in [7, 11) is 0. The summed E-state index contributed by atoms with van der Waals surface area (Å²) in [6, 6.07) is 3.15. The molecule has 0 bridgehead atoms. The number of benzene rings is 1. The standard InChI is InChI=1S/C10H9BrFNO/c1-6(14)13-3-2-7-4-8(11)9(12)5-10(7)13/h4-5H,2-3H2,1H3. The molecule has 0 aliphatic carbocycles. The molecule has 0 fully saturated rings. The maximum atomic E-state index is 13.2. The molecule has 1 aromatic carbocycles. The number of rotatable bonds is 0. The lowest BCUT2D eigenvalue weighted by Crippen LogP contribution is -2.25. The van der Waals surface area contributed by atoms with E-state index in [0.717, 1.165) is 12.0 Å². The lowest BCUT2D eigenvalue weighted by Gasteiger charge is -2.14. The summed E-state index contributed by atoms with van der Waals surface area (Å²) in [6.45, 7) is 2.15. The van der Waals surface area contributed by atoms with E-state index in [1.807, 2.05) is 0 Å². The summed E-state index contributed by atoms with van der Waals surface area (Å²) in [5.74, 6) is -0.359. The van der Waals surface area contributed by atoms with E-state index in [0.29, 0.717) is 16.7 Å². The molecule has 74 valence electrons. The van der Waals surface area contributed by atoms with Gasteiger partial charge >= 0.3 is 0 Å². The molecule has 0 aromatic heterocycles. The molecule has 1 aliphatic heterocycles. The molecule has 0 spiro atoms. The number of hydrogen-bond acceptors (Lipinski definition) is 1. The van der Waals surface area contributed by atoms with Crippen molar-refractivity contribution in [3.63, 3.8) is 0 Å². The van der Waals surface area contributed by atoms with Gasteiger partial charge in [0.1, 0.15) is 5.82 Å². The van der Waals surface area contributed by atoms with E-state index in [-0.39, 0.29) is 11.7 Å². The second-order valence-electron chi connectivity index (χ2n) is 3.32. The van der Waals surface area contributed by atoms with Crippen molar-refractivity contribution in [2.75, 3.05) is 11.4 Å². The molecule has 1 heterocycles. The van der Waals surface area contributed by atoms with Gasteiger partial charge in [0.15, 0.2) is 0 Å². The largest absolute Gasteiger partial charge is 0.312 e. The van der Waals surface area contributed by atoms with Crippen molar-refractivity contribution < 1.29 is 9.18 Å². The quantitative estimate of drug-likeness (QED) is 0.700. The van der Waals surface area contributed by atoms with Crippen LogP contribution in [-0.4, -0.2) is 12.5 Å². The Morgan fingerprint density at radius 3 is 2.93 bits per heavy atom. The predicted octanol–water partition coefficient (Wildman–Crippen LogP) is 2.50. The van der Waals surface area contributed by atoms with Crippen molar-refractivity contribution in [3.8, 4) is 0 Å². The zero-order chi connectivity index (χ0) is 10.3. The van der Waals surface area contributed by atoms with Crippen LogP contribution in [0.2, 0.25) is 0 Å². The van der Waals surface area contributed by atoms with E-state index in [2.05, 4.69) is 15.9 Å². The normalized spacial score (nSPS) is 14.4. The lowest BCUT2D eigenvalue weighted by atomic mass is 10.2. The third-order valence-corrected chi connectivity index (χ3v) is 3.00. The molecule has 0 N–H and O–H groups in total. The summed E-state index contributed by atoms with van der Waals surface area (Å²) in [6.07, 6.45) is 0.799. The van der Waals surface area contributed by atoms with E-state index < -0.39 is 0 Å². The van der Waals surface area contributed by atoms with Crippen LogP contribution in [-0.2, 0) is 11.2 Å². The van der Waals surface area contributed by atoms with Gasteiger partial charge in [-0.1, -0.05) is 0 Å². The highest BCUT2D eigenvalue weighted by Crippen LogP contribution is 2.32. The Bertz CT molecular complexity index is 405. The monoisotopic (exact) mass is 257 g/mol. The molecule has 0 saturated carbocycles. The number of carbonyl (C=O) groups excluding carboxylic acids is 1. The Morgan fingerprint density at radius 2 is 2.29 bits per heavy atom. The summed E-state index contributed by atoms with van der Waals surface area (Å²) in [5.41, 5.74) is 1.73. The maximum absolute atomic E-state index is 13.2. The van der Waals surface area contributed by atoms with Gasteiger partial charge in [-0.15, -0.1) is 0 Å². The Kier molecular flexibility index (Phi) is 2.31. The van der Waals surface area contributed by atoms with Crippen LogP contribution in [0.3, 0.4) is 0 Å². The van der Waals surface area contributed by atoms with E-state index in [1.54, 1.807) is 11.0 Å². The van der Waals surface area contributed by atoms with E-state index in [9.17, 15) is 9.18 Å². The van der Waals surface area contributed by atoms with E-state index in [4.69, 9.17) is 0 Å². The zero-order valence-corrected chi connectivity index (χ0v) is 9.27. The number of carbonyl (C=O) groups is 1. The van der Waals surface area contributed by atoms with E-state index >= 15 is 0 Å². The van der Waals surface area contributed by atoms with Gasteiger partial charge in [-0.25, -0.2) is 4.39 Å². The van der Waals surface area contributed by atoms with Crippen LogP contribution in [0.25, 0.3) is 0 Å². The Balaban J connectivity index is 2.50. The molecule has 0 atom stereocenters. The molecular weight excluding hydrogens is 249 g/mol. The third-order valence-electron chi connectivity index (χ3n) is 2.40. The second kappa shape index (κ2) is 3.35. The first-order valence-electron chi connectivity index (χ1n) is 4.35. The highest BCUT2D eigenvalue weighted by molar-refractivity contribution is 9.10. The zero-order valence-electron chi connectivity index (χ0n) is 7.68. The highest BCUT2D eigenvalue weighted by atomic mass is 79.9. The van der Waals surface area contributed by atoms with Crippen molar-refractivity contribution in [1.29, 1.82) is 0 Å². The maximum Gasteiger partial charge on any atom is 0.223 e. The first-order chi connectivity index (χ1) is 6.59. The fourth-order valence-electron chi connectivity index (χ4n) is 1.71. The number of amides is 1. The molecular formula is C10H9BrFNO. The van der Waals surface area contributed by atoms with Crippen LogP contribution >= 0.6 is 15.9 Å². The molecule has 1 aromatic rings. The van der Waals surface area contributed by atoms with Crippen LogP contribution in [0, 0.1) is 5.82 Å². The lowest BCUT2D eigenvalue weighted by molar-refractivity contribution is -0.116. The van der Waals surface area contributed by atoms with Crippen molar-refractivity contribution in [2.24, 2.45) is 0 Å². The van der Waals surface area contributed by atoms with Crippen molar-refractivity contribution in [2.45, 2.75) is 13.3 Å². The van der Waals surface area contributed by atoms with Crippen LogP contribution in [0.15, 0.2) is 16.6 Å². The minimum atomic E-state index is -0.322. The van der Waals surface area contributed by atoms with E-state index in [1.165, 1.54) is 13.0 Å². The first kappa shape index (κ1) is 9.65. The topological polar surface area (TPSA) is 20.3 Å². The molecule has 0 radical (unpaired) electrons. The van der Waals surface area contributed by atoms with Gasteiger partial charge in [-0.2, -0.15) is 0 Å². The predicted molar refractivity (Wildman–Crippen MR) is 55.8 cm³/mol. The molecule has 0 saturated heterocycles. The number of halogens is 2. The number of hydrogen-bond donors (Lipinski definition) is 0. The number of nitrogens with zero attached hydrogens (tertiary/aromatic N) is 1. The molecule has 0 unspecified atom stereocenters. The van der Waals surface area contributed by atoms with Crippen LogP contribution in [0.1, 0.15) is 12.5 Å². The summed E-state index contributed by atoms with van der Waals surface area (Å²) < 4.78 is 13.7. The van der Waals surface area contributed by atoms with Gasteiger partial charge in [0.05, 0.1) is 4.47 Å². The SMILES string of the molecule is CC(=O)N1CCc2cc(Br)c(F)cc21. The third kappa shape index (κ3) is 1.43. The Labute approximate surface area is 89.8 Å². The average Bonchev–Trinajstić information content (AvgIpc) is 2.48. The van der Waals surface area contributed by atoms with Gasteiger partial charge in [-0.05, 0) is 40.0 Å². The minimum Gasteiger partial charge on any atom is -0.312 e. The summed E-state index contributed by atoms with van der Waals surface area (Å²) in [4.78, 5) is 12.8. The minimum absolute atomic E-state index is 0.0366. The molecule has 1 aliphatic rings. The van der Waals surface area contributed by atoms with Crippen molar-refractivity contribution in [3.05, 3.63) is 28.0 Å². The van der Waals surface area contributed by atoms with Gasteiger partial charge in [0.25, 0.3) is 0 Å². The molecule has 2 nitrogen and oxygen atoms in total. The highest BCUT2D eigenvalue weighted by Gasteiger charge is 2.23. The van der Waals surface area contributed by atoms with Crippen molar-refractivity contribution in [1.82, 2.24) is 0 Å². The fourth-order valence-corrected chi connectivity index (χ4v) is 2.10. The van der Waals surface area contributed by atoms with Gasteiger partial charge in [-0.3, -0.25) is 4.79 Å². The second-order valence-corrected chi connectivity index (χ2v) is 4.17. The molecule has 2 rings (SSSR count). The smallest absolute Gasteiger partial charge is 0.223 e. The van der Waals surface area contributed by atoms with Crippen LogP contribution < -0.4 is 4.90 Å². The Morgan fingerprint density at radius 1 is 1.57 bits per heavy atom. The first-order valence-corrected chi connectivity index (χ1v) is 5.15. The average molecular weight is 258 g/mol. The summed E-state index contributed by atoms with van der Waals surface area (Å²) in [5, 5.41) is 0. The van der Waals surface area contributed by atoms with Gasteiger partial charge in [0, 0.05) is 19.2 Å². The van der Waals surface area contributed by atoms with Gasteiger partial charge in [0.2, 0.25) is 5.91 Å².